The van der Waals surface area contributed by atoms with E-state index in [0.717, 1.165) is 5.56 Å². The molecule has 3 heterocycles. The maximum absolute atomic E-state index is 13.3. The fraction of sp³-hybridized carbons (Fsp3) is 0.227. The number of carbonyl (C=O) groups is 3. The molecule has 156 valence electrons. The van der Waals surface area contributed by atoms with E-state index in [9.17, 15) is 14.4 Å². The third-order valence-electron chi connectivity index (χ3n) is 5.70. The Bertz CT molecular complexity index is 1190. The van der Waals surface area contributed by atoms with Crippen LogP contribution in [0.25, 0.3) is 11.4 Å². The van der Waals surface area contributed by atoms with Gasteiger partial charge in [0, 0.05) is 25.5 Å². The molecule has 1 atom stereocenters. The molecular weight excluding hydrogens is 400 g/mol. The third kappa shape index (κ3) is 2.81. The van der Waals surface area contributed by atoms with Gasteiger partial charge in [0.2, 0.25) is 17.4 Å². The van der Waals surface area contributed by atoms with Crippen molar-refractivity contribution >= 4 is 23.5 Å². The number of benzene rings is 2. The highest BCUT2D eigenvalue weighted by molar-refractivity contribution is 6.15. The van der Waals surface area contributed by atoms with Gasteiger partial charge in [0.05, 0.1) is 11.3 Å². The maximum atomic E-state index is 13.3. The summed E-state index contributed by atoms with van der Waals surface area (Å²) in [7, 11) is 1.51. The molecule has 31 heavy (non-hydrogen) atoms. The number of likely N-dealkylation sites (N-methyl/N-ethyl adjacent to an activating group) is 1. The second kappa shape index (κ2) is 7.05. The molecule has 9 nitrogen and oxygen atoms in total. The van der Waals surface area contributed by atoms with Crippen molar-refractivity contribution in [2.24, 2.45) is 0 Å². The first kappa shape index (κ1) is 19.0. The molecule has 9 heteroatoms. The number of amides is 2. The average Bonchev–Trinajstić information content (AvgIpc) is 3.42. The zero-order chi connectivity index (χ0) is 21.6. The molecule has 1 unspecified atom stereocenters. The lowest BCUT2D eigenvalue weighted by atomic mass is 9.97. The van der Waals surface area contributed by atoms with E-state index in [1.807, 2.05) is 30.3 Å². The molecule has 2 aliphatic rings. The SMILES string of the molecule is CN1C(=O)c2ccccc2N2C(=O)CCC12C(=O)OCc1nc(-c2ccccc2)no1. The zero-order valence-electron chi connectivity index (χ0n) is 16.6. The number of nitrogens with zero attached hydrogens (tertiary/aromatic N) is 4. The number of anilines is 1. The Morgan fingerprint density at radius 1 is 1.13 bits per heavy atom. The Hall–Kier alpha value is -4.01. The molecule has 1 aromatic heterocycles. The summed E-state index contributed by atoms with van der Waals surface area (Å²) in [4.78, 5) is 45.8. The van der Waals surface area contributed by atoms with Gasteiger partial charge in [0.1, 0.15) is 0 Å². The Kier molecular flexibility index (Phi) is 4.32. The fourth-order valence-corrected chi connectivity index (χ4v) is 4.15. The van der Waals surface area contributed by atoms with Crippen LogP contribution in [0.2, 0.25) is 0 Å². The molecule has 0 spiro atoms. The molecule has 2 aliphatic heterocycles. The first-order valence-corrected chi connectivity index (χ1v) is 9.78. The molecule has 0 saturated carbocycles. The standard InChI is InChI=1S/C22H18N4O5/c1-25-20(28)15-9-5-6-10-16(15)26-18(27)11-12-22(25,26)21(29)30-13-17-23-19(24-31-17)14-7-3-2-4-8-14/h2-10H,11-13H2,1H3. The summed E-state index contributed by atoms with van der Waals surface area (Å²) in [6.07, 6.45) is 0.264. The highest BCUT2D eigenvalue weighted by Crippen LogP contribution is 2.44. The van der Waals surface area contributed by atoms with Crippen molar-refractivity contribution in [1.82, 2.24) is 15.0 Å². The Balaban J connectivity index is 1.42. The number of para-hydroxylation sites is 1. The summed E-state index contributed by atoms with van der Waals surface area (Å²) in [5.41, 5.74) is 0.0108. The highest BCUT2D eigenvalue weighted by Gasteiger charge is 2.60. The van der Waals surface area contributed by atoms with Crippen molar-refractivity contribution in [2.75, 3.05) is 11.9 Å². The number of hydrogen-bond donors (Lipinski definition) is 0. The van der Waals surface area contributed by atoms with Crippen LogP contribution in [0.15, 0.2) is 59.1 Å². The number of carbonyl (C=O) groups excluding carboxylic acids is 3. The van der Waals surface area contributed by atoms with E-state index in [4.69, 9.17) is 9.26 Å². The van der Waals surface area contributed by atoms with Gasteiger partial charge in [-0.1, -0.05) is 47.6 Å². The van der Waals surface area contributed by atoms with Gasteiger partial charge in [-0.25, -0.2) is 4.79 Å². The normalized spacial score (nSPS) is 19.9. The second-order valence-electron chi connectivity index (χ2n) is 7.38. The molecule has 1 saturated heterocycles. The van der Waals surface area contributed by atoms with Crippen molar-refractivity contribution in [1.29, 1.82) is 0 Å². The number of fused-ring (bicyclic) bond motifs is 3. The number of ether oxygens (including phenoxy) is 1. The minimum atomic E-state index is -1.54. The summed E-state index contributed by atoms with van der Waals surface area (Å²) in [5, 5.41) is 3.90. The Morgan fingerprint density at radius 3 is 2.68 bits per heavy atom. The molecule has 2 amide bonds. The van der Waals surface area contributed by atoms with Crippen molar-refractivity contribution in [3.63, 3.8) is 0 Å². The van der Waals surface area contributed by atoms with Crippen LogP contribution in [-0.4, -0.2) is 45.5 Å². The van der Waals surface area contributed by atoms with E-state index in [0.29, 0.717) is 17.1 Å². The maximum Gasteiger partial charge on any atom is 0.354 e. The van der Waals surface area contributed by atoms with Crippen LogP contribution in [0.5, 0.6) is 0 Å². The first-order valence-electron chi connectivity index (χ1n) is 9.78. The lowest BCUT2D eigenvalue weighted by molar-refractivity contribution is -0.158. The molecule has 0 aliphatic carbocycles. The fourth-order valence-electron chi connectivity index (χ4n) is 4.15. The molecule has 2 aromatic carbocycles. The van der Waals surface area contributed by atoms with Crippen LogP contribution in [0.4, 0.5) is 5.69 Å². The Labute approximate surface area is 177 Å². The molecular formula is C22H18N4O5. The minimum Gasteiger partial charge on any atom is -0.452 e. The number of hydrogen-bond acceptors (Lipinski definition) is 7. The monoisotopic (exact) mass is 418 g/mol. The predicted molar refractivity (Wildman–Crippen MR) is 108 cm³/mol. The van der Waals surface area contributed by atoms with E-state index >= 15 is 0 Å². The van der Waals surface area contributed by atoms with Gasteiger partial charge >= 0.3 is 5.97 Å². The summed E-state index contributed by atoms with van der Waals surface area (Å²) < 4.78 is 10.7. The average molecular weight is 418 g/mol. The third-order valence-corrected chi connectivity index (χ3v) is 5.70. The van der Waals surface area contributed by atoms with Gasteiger partial charge in [-0.3, -0.25) is 14.5 Å². The summed E-state index contributed by atoms with van der Waals surface area (Å²) in [6, 6.07) is 16.0. The van der Waals surface area contributed by atoms with Gasteiger partial charge in [-0.15, -0.1) is 0 Å². The molecule has 0 bridgehead atoms. The molecule has 1 fully saturated rings. The van der Waals surface area contributed by atoms with Crippen LogP contribution >= 0.6 is 0 Å². The summed E-state index contributed by atoms with van der Waals surface area (Å²) in [5.74, 6) is -0.815. The van der Waals surface area contributed by atoms with Crippen molar-refractivity contribution in [2.45, 2.75) is 25.1 Å². The summed E-state index contributed by atoms with van der Waals surface area (Å²) in [6.45, 7) is -0.272. The molecule has 0 N–H and O–H groups in total. The van der Waals surface area contributed by atoms with Crippen LogP contribution in [0, 0.1) is 0 Å². The predicted octanol–water partition coefficient (Wildman–Crippen LogP) is 2.39. The quantitative estimate of drug-likeness (QED) is 0.599. The van der Waals surface area contributed by atoms with Crippen LogP contribution in [0.3, 0.4) is 0 Å². The number of aromatic nitrogens is 2. The number of rotatable bonds is 4. The Morgan fingerprint density at radius 2 is 1.87 bits per heavy atom. The van der Waals surface area contributed by atoms with Gasteiger partial charge in [-0.2, -0.15) is 4.98 Å². The molecule has 3 aromatic rings. The van der Waals surface area contributed by atoms with E-state index in [-0.39, 0.29) is 37.2 Å². The van der Waals surface area contributed by atoms with E-state index in [2.05, 4.69) is 10.1 Å². The smallest absolute Gasteiger partial charge is 0.354 e. The lowest BCUT2D eigenvalue weighted by Gasteiger charge is -2.46. The van der Waals surface area contributed by atoms with Crippen LogP contribution in [0.1, 0.15) is 29.1 Å². The van der Waals surface area contributed by atoms with E-state index in [1.165, 1.54) is 16.8 Å². The van der Waals surface area contributed by atoms with Crippen LogP contribution in [-0.2, 0) is 20.9 Å². The van der Waals surface area contributed by atoms with Gasteiger partial charge < -0.3 is 14.2 Å². The van der Waals surface area contributed by atoms with Gasteiger partial charge in [-0.05, 0) is 12.1 Å². The highest BCUT2D eigenvalue weighted by atomic mass is 16.6. The van der Waals surface area contributed by atoms with Crippen molar-refractivity contribution in [3.05, 3.63) is 66.1 Å². The first-order chi connectivity index (χ1) is 15.0. The van der Waals surface area contributed by atoms with Crippen molar-refractivity contribution < 1.29 is 23.6 Å². The lowest BCUT2D eigenvalue weighted by Crippen LogP contribution is -2.67. The van der Waals surface area contributed by atoms with Gasteiger partial charge in [0.25, 0.3) is 11.8 Å². The van der Waals surface area contributed by atoms with Crippen molar-refractivity contribution in [3.8, 4) is 11.4 Å². The zero-order valence-corrected chi connectivity index (χ0v) is 16.6. The topological polar surface area (TPSA) is 106 Å². The molecule has 5 rings (SSSR count). The summed E-state index contributed by atoms with van der Waals surface area (Å²) >= 11 is 0. The second-order valence-corrected chi connectivity index (χ2v) is 7.38. The van der Waals surface area contributed by atoms with E-state index in [1.54, 1.807) is 24.3 Å². The number of esters is 1. The van der Waals surface area contributed by atoms with Crippen LogP contribution < -0.4 is 4.90 Å². The molecule has 0 radical (unpaired) electrons. The minimum absolute atomic E-state index is 0.115. The largest absolute Gasteiger partial charge is 0.452 e. The van der Waals surface area contributed by atoms with E-state index < -0.39 is 11.6 Å². The van der Waals surface area contributed by atoms with Gasteiger partial charge in [0.15, 0.2) is 6.61 Å².